The van der Waals surface area contributed by atoms with Crippen molar-refractivity contribution >= 4 is 22.2 Å². The molecule has 0 aliphatic carbocycles. The lowest BCUT2D eigenvalue weighted by Gasteiger charge is -2.07. The lowest BCUT2D eigenvalue weighted by molar-refractivity contribution is 0.112. The molecule has 0 amide bonds. The second-order valence-electron chi connectivity index (χ2n) is 3.54. The molecule has 0 saturated heterocycles. The maximum absolute atomic E-state index is 10.6. The highest BCUT2D eigenvalue weighted by molar-refractivity contribution is 9.10. The van der Waals surface area contributed by atoms with Crippen LogP contribution < -0.4 is 4.74 Å². The summed E-state index contributed by atoms with van der Waals surface area (Å²) in [6.07, 6.45) is 0.699. The Kier molecular flexibility index (Phi) is 3.75. The summed E-state index contributed by atoms with van der Waals surface area (Å²) in [5.74, 6) is 1.07. The van der Waals surface area contributed by atoms with Crippen molar-refractivity contribution in [2.24, 2.45) is 0 Å². The van der Waals surface area contributed by atoms with Crippen LogP contribution in [0, 0.1) is 11.3 Å². The minimum Gasteiger partial charge on any atom is -0.456 e. The maximum Gasteiger partial charge on any atom is 0.150 e. The second-order valence-corrected chi connectivity index (χ2v) is 4.46. The molecule has 18 heavy (non-hydrogen) atoms. The minimum absolute atomic E-state index is 0.336. The molecule has 0 heterocycles. The van der Waals surface area contributed by atoms with Gasteiger partial charge in [0, 0.05) is 10.0 Å². The molecule has 0 aliphatic heterocycles. The molecular weight excluding hydrogens is 294 g/mol. The average molecular weight is 302 g/mol. The van der Waals surface area contributed by atoms with Crippen LogP contribution in [0.2, 0.25) is 0 Å². The summed E-state index contributed by atoms with van der Waals surface area (Å²) in [7, 11) is 0. The third kappa shape index (κ3) is 2.76. The maximum atomic E-state index is 10.6. The van der Waals surface area contributed by atoms with E-state index in [4.69, 9.17) is 10.00 Å². The summed E-state index contributed by atoms with van der Waals surface area (Å²) in [5.41, 5.74) is 0.789. The van der Waals surface area contributed by atoms with Crippen molar-refractivity contribution in [3.05, 3.63) is 58.1 Å². The Morgan fingerprint density at radius 2 is 1.89 bits per heavy atom. The number of hydrogen-bond acceptors (Lipinski definition) is 3. The fourth-order valence-corrected chi connectivity index (χ4v) is 1.69. The van der Waals surface area contributed by atoms with E-state index >= 15 is 0 Å². The molecule has 0 aliphatic rings. The van der Waals surface area contributed by atoms with E-state index in [1.165, 1.54) is 6.07 Å². The first kappa shape index (κ1) is 12.3. The molecule has 0 spiro atoms. The first-order valence-electron chi connectivity index (χ1n) is 5.15. The normalized spacial score (nSPS) is 9.56. The predicted octanol–water partition coefficient (Wildman–Crippen LogP) is 3.93. The van der Waals surface area contributed by atoms with Gasteiger partial charge >= 0.3 is 0 Å². The number of nitrogens with zero attached hydrogens (tertiary/aromatic N) is 1. The number of ether oxygens (including phenoxy) is 1. The first-order chi connectivity index (χ1) is 8.72. The van der Waals surface area contributed by atoms with Crippen molar-refractivity contribution in [3.63, 3.8) is 0 Å². The number of rotatable bonds is 3. The van der Waals surface area contributed by atoms with E-state index in [2.05, 4.69) is 15.9 Å². The standard InChI is InChI=1S/C14H8BrNO2/c15-12-2-4-13(5-3-12)18-14-6-1-10(9-17)7-11(14)8-16/h1-7,9H. The zero-order valence-electron chi connectivity index (χ0n) is 9.26. The molecule has 2 aromatic rings. The van der Waals surface area contributed by atoms with Crippen molar-refractivity contribution in [3.8, 4) is 17.6 Å². The van der Waals surface area contributed by atoms with Crippen LogP contribution in [-0.4, -0.2) is 6.29 Å². The number of carbonyl (C=O) groups is 1. The Hall–Kier alpha value is -2.12. The quantitative estimate of drug-likeness (QED) is 0.807. The summed E-state index contributed by atoms with van der Waals surface area (Å²) in [5, 5.41) is 9.01. The molecule has 2 rings (SSSR count). The van der Waals surface area contributed by atoms with Crippen molar-refractivity contribution < 1.29 is 9.53 Å². The number of benzene rings is 2. The van der Waals surface area contributed by atoms with Crippen molar-refractivity contribution in [1.29, 1.82) is 5.26 Å². The topological polar surface area (TPSA) is 50.1 Å². The molecule has 0 unspecified atom stereocenters. The van der Waals surface area contributed by atoms with E-state index in [0.29, 0.717) is 28.9 Å². The van der Waals surface area contributed by atoms with Gasteiger partial charge in [0.25, 0.3) is 0 Å². The van der Waals surface area contributed by atoms with Crippen LogP contribution in [0.15, 0.2) is 46.9 Å². The lowest BCUT2D eigenvalue weighted by atomic mass is 10.1. The second kappa shape index (κ2) is 5.48. The van der Waals surface area contributed by atoms with Gasteiger partial charge in [-0.05, 0) is 42.5 Å². The zero-order chi connectivity index (χ0) is 13.0. The molecule has 0 saturated carbocycles. The SMILES string of the molecule is N#Cc1cc(C=O)ccc1Oc1ccc(Br)cc1. The van der Waals surface area contributed by atoms with Gasteiger partial charge < -0.3 is 4.74 Å². The van der Waals surface area contributed by atoms with Crippen LogP contribution in [0.5, 0.6) is 11.5 Å². The van der Waals surface area contributed by atoms with Gasteiger partial charge in [-0.3, -0.25) is 4.79 Å². The Morgan fingerprint density at radius 1 is 1.17 bits per heavy atom. The summed E-state index contributed by atoms with van der Waals surface area (Å²) < 4.78 is 6.55. The largest absolute Gasteiger partial charge is 0.456 e. The third-order valence-electron chi connectivity index (χ3n) is 2.30. The highest BCUT2D eigenvalue weighted by atomic mass is 79.9. The van der Waals surface area contributed by atoms with Gasteiger partial charge in [0.2, 0.25) is 0 Å². The Balaban J connectivity index is 2.31. The molecule has 2 aromatic carbocycles. The average Bonchev–Trinajstić information content (AvgIpc) is 2.41. The van der Waals surface area contributed by atoms with Crippen LogP contribution in [0.3, 0.4) is 0 Å². The van der Waals surface area contributed by atoms with Gasteiger partial charge in [0.1, 0.15) is 23.9 Å². The highest BCUT2D eigenvalue weighted by Gasteiger charge is 2.05. The predicted molar refractivity (Wildman–Crippen MR) is 70.8 cm³/mol. The Bertz CT molecular complexity index is 615. The van der Waals surface area contributed by atoms with E-state index in [1.54, 1.807) is 24.3 Å². The molecule has 0 atom stereocenters. The molecule has 0 N–H and O–H groups in total. The van der Waals surface area contributed by atoms with E-state index < -0.39 is 0 Å². The third-order valence-corrected chi connectivity index (χ3v) is 2.83. The van der Waals surface area contributed by atoms with Crippen LogP contribution in [0.4, 0.5) is 0 Å². The molecule has 0 radical (unpaired) electrons. The first-order valence-corrected chi connectivity index (χ1v) is 5.95. The number of nitriles is 1. The fraction of sp³-hybridized carbons (Fsp3) is 0. The monoisotopic (exact) mass is 301 g/mol. The smallest absolute Gasteiger partial charge is 0.150 e. The summed E-state index contributed by atoms with van der Waals surface area (Å²) in [4.78, 5) is 10.6. The summed E-state index contributed by atoms with van der Waals surface area (Å²) in [6.45, 7) is 0. The summed E-state index contributed by atoms with van der Waals surface area (Å²) in [6, 6.07) is 14.0. The van der Waals surface area contributed by atoms with Gasteiger partial charge in [-0.25, -0.2) is 0 Å². The fourth-order valence-electron chi connectivity index (χ4n) is 1.43. The molecule has 0 aromatic heterocycles. The van der Waals surface area contributed by atoms with E-state index in [-0.39, 0.29) is 0 Å². The van der Waals surface area contributed by atoms with Gasteiger partial charge in [0.15, 0.2) is 0 Å². The van der Waals surface area contributed by atoms with Gasteiger partial charge in [0.05, 0.1) is 5.56 Å². The molecule has 0 fully saturated rings. The van der Waals surface area contributed by atoms with Crippen LogP contribution in [0.1, 0.15) is 15.9 Å². The molecule has 3 nitrogen and oxygen atoms in total. The number of hydrogen-bond donors (Lipinski definition) is 0. The molecular formula is C14H8BrNO2. The van der Waals surface area contributed by atoms with E-state index in [0.717, 1.165) is 4.47 Å². The van der Waals surface area contributed by atoms with Gasteiger partial charge in [-0.2, -0.15) is 5.26 Å². The number of carbonyl (C=O) groups excluding carboxylic acids is 1. The van der Waals surface area contributed by atoms with Crippen molar-refractivity contribution in [1.82, 2.24) is 0 Å². The van der Waals surface area contributed by atoms with Crippen molar-refractivity contribution in [2.45, 2.75) is 0 Å². The lowest BCUT2D eigenvalue weighted by Crippen LogP contribution is -1.90. The molecule has 88 valence electrons. The van der Waals surface area contributed by atoms with Gasteiger partial charge in [-0.1, -0.05) is 15.9 Å². The van der Waals surface area contributed by atoms with E-state index in [9.17, 15) is 4.79 Å². The highest BCUT2D eigenvalue weighted by Crippen LogP contribution is 2.26. The van der Waals surface area contributed by atoms with Crippen LogP contribution >= 0.6 is 15.9 Å². The number of aldehydes is 1. The van der Waals surface area contributed by atoms with E-state index in [1.807, 2.05) is 18.2 Å². The van der Waals surface area contributed by atoms with Crippen LogP contribution in [-0.2, 0) is 0 Å². The van der Waals surface area contributed by atoms with Crippen LogP contribution in [0.25, 0.3) is 0 Å². The Labute approximate surface area is 113 Å². The minimum atomic E-state index is 0.336. The molecule has 0 bridgehead atoms. The zero-order valence-corrected chi connectivity index (χ0v) is 10.8. The number of halogens is 1. The van der Waals surface area contributed by atoms with Gasteiger partial charge in [-0.15, -0.1) is 0 Å². The van der Waals surface area contributed by atoms with Crippen molar-refractivity contribution in [2.75, 3.05) is 0 Å². The Morgan fingerprint density at radius 3 is 2.50 bits per heavy atom. The molecule has 4 heteroatoms. The summed E-state index contributed by atoms with van der Waals surface area (Å²) >= 11 is 3.33.